The average molecular weight is 1120 g/mol. The van der Waals surface area contributed by atoms with Crippen molar-refractivity contribution >= 4 is 15.9 Å². The van der Waals surface area contributed by atoms with E-state index in [0.717, 1.165) is 55.6 Å². The fourth-order valence-corrected chi connectivity index (χ4v) is 19.5. The molecular weight excluding hydrogens is 1050 g/mol. The molecule has 14 rings (SSSR count). The van der Waals surface area contributed by atoms with E-state index in [9.17, 15) is 0 Å². The Morgan fingerprint density at radius 3 is 0.659 bits per heavy atom. The minimum Gasteiger partial charge on any atom is -0.497 e. The lowest BCUT2D eigenvalue weighted by molar-refractivity contribution is 0.00370. The number of benzene rings is 10. The van der Waals surface area contributed by atoms with Crippen LogP contribution in [0.25, 0.3) is 11.1 Å². The molecule has 10 aromatic rings. The van der Waals surface area contributed by atoms with Gasteiger partial charge >= 0.3 is 15.9 Å². The molecule has 2 spiro atoms. The number of rotatable bonds is 11. The molecule has 4 heterocycles. The molecule has 2 fully saturated rings. The van der Waals surface area contributed by atoms with Gasteiger partial charge in [-0.2, -0.15) is 18.1 Å². The summed E-state index contributed by atoms with van der Waals surface area (Å²) < 4.78 is 61.5. The van der Waals surface area contributed by atoms with Gasteiger partial charge in [0.05, 0.1) is 25.3 Å². The Morgan fingerprint density at radius 2 is 0.476 bits per heavy atom. The molecule has 0 radical (unpaired) electrons. The lowest BCUT2D eigenvalue weighted by Gasteiger charge is -2.40. The SMILES string of the molecule is COc1cc(-c2cc(OC)cc3c2O[P+]2(OC(c4ccccc4)(c4ccccc4)C(c4ccccc4)(c4ccccc4)O2)C3(C)C)c2c(c1)C(C)(C)[P+]1(O2)OC(c2ccccc2)(c2ccccc2)C(c2ccccc2)(c2ccccc2)O1. The van der Waals surface area contributed by atoms with Crippen LogP contribution in [0.2, 0.25) is 0 Å². The van der Waals surface area contributed by atoms with E-state index in [2.05, 4.69) is 234 Å². The van der Waals surface area contributed by atoms with Crippen molar-refractivity contribution in [1.82, 2.24) is 0 Å². The van der Waals surface area contributed by atoms with E-state index in [0.29, 0.717) is 34.1 Å². The van der Waals surface area contributed by atoms with Gasteiger partial charge in [-0.05, 0) is 96.5 Å². The zero-order valence-corrected chi connectivity index (χ0v) is 48.4. The lowest BCUT2D eigenvalue weighted by Crippen LogP contribution is -2.48. The van der Waals surface area contributed by atoms with Crippen LogP contribution < -0.4 is 18.5 Å². The Hall–Kier alpha value is -7.90. The van der Waals surface area contributed by atoms with E-state index in [-0.39, 0.29) is 0 Å². The minimum atomic E-state index is -3.70. The van der Waals surface area contributed by atoms with Crippen molar-refractivity contribution in [3.63, 3.8) is 0 Å². The summed E-state index contributed by atoms with van der Waals surface area (Å²) in [4.78, 5) is 0. The van der Waals surface area contributed by atoms with Crippen LogP contribution in [0.5, 0.6) is 23.0 Å². The largest absolute Gasteiger partial charge is 0.497 e. The summed E-state index contributed by atoms with van der Waals surface area (Å²) in [5.41, 5.74) is 5.20. The highest BCUT2D eigenvalue weighted by Gasteiger charge is 2.87. The highest BCUT2D eigenvalue weighted by Crippen LogP contribution is 2.92. The Morgan fingerprint density at radius 1 is 0.280 bits per heavy atom. The van der Waals surface area contributed by atoms with Crippen molar-refractivity contribution < 1.29 is 36.6 Å². The van der Waals surface area contributed by atoms with Gasteiger partial charge in [-0.15, -0.1) is 0 Å². The standard InChI is InChI=1S/C72H62O8P2/c1-67(2)63-49-59(73-5)47-61(65(63)75-81(67)77-69(51-31-15-7-16-32-51,52-33-17-8-18-34-52)70(78-81,53-35-19-9-20-36-53)54-37-21-10-22-38-54)62-48-60(74-6)50-64-66(62)76-82(68(64,3)4)79-71(55-39-23-11-24-40-55,56-41-25-12-26-42-56)72(80-82,57-43-27-13-28-44-57)58-45-29-14-30-46-58/h7-50H,1-6H3/q+2. The van der Waals surface area contributed by atoms with Crippen LogP contribution in [0.15, 0.2) is 267 Å². The molecule has 82 heavy (non-hydrogen) atoms. The Kier molecular flexibility index (Phi) is 12.3. The van der Waals surface area contributed by atoms with Gasteiger partial charge in [0.15, 0.2) is 21.8 Å². The maximum absolute atomic E-state index is 8.25. The van der Waals surface area contributed by atoms with E-state index < -0.39 is 48.6 Å². The first kappa shape index (κ1) is 52.2. The summed E-state index contributed by atoms with van der Waals surface area (Å²) >= 11 is 0. The molecule has 4 aliphatic rings. The molecule has 0 aromatic heterocycles. The first-order valence-corrected chi connectivity index (χ1v) is 30.9. The van der Waals surface area contributed by atoms with Crippen LogP contribution in [-0.2, 0) is 50.8 Å². The molecule has 8 nitrogen and oxygen atoms in total. The molecular formula is C72H62O8P2+2. The van der Waals surface area contributed by atoms with Gasteiger partial charge in [-0.1, -0.05) is 243 Å². The van der Waals surface area contributed by atoms with Crippen molar-refractivity contribution in [2.24, 2.45) is 0 Å². The Balaban J connectivity index is 1.01. The Bertz CT molecular complexity index is 3360. The van der Waals surface area contributed by atoms with Crippen LogP contribution >= 0.6 is 15.9 Å². The second kappa shape index (κ2) is 19.4. The van der Waals surface area contributed by atoms with Crippen LogP contribution in [0, 0.1) is 0 Å². The summed E-state index contributed by atoms with van der Waals surface area (Å²) in [6.45, 7) is 8.72. The van der Waals surface area contributed by atoms with Gasteiger partial charge in [-0.25, -0.2) is 0 Å². The first-order chi connectivity index (χ1) is 39.9. The number of hydrogen-bond acceptors (Lipinski definition) is 8. The van der Waals surface area contributed by atoms with Crippen molar-refractivity contribution in [1.29, 1.82) is 0 Å². The molecule has 0 saturated carbocycles. The average Bonchev–Trinajstić information content (AvgIpc) is 1.91. The number of methoxy groups -OCH3 is 2. The van der Waals surface area contributed by atoms with Gasteiger partial charge in [0, 0.05) is 11.1 Å². The first-order valence-electron chi connectivity index (χ1n) is 27.8. The van der Waals surface area contributed by atoms with E-state index in [1.54, 1.807) is 14.2 Å². The van der Waals surface area contributed by atoms with Crippen molar-refractivity contribution in [2.75, 3.05) is 14.2 Å². The lowest BCUT2D eigenvalue weighted by atomic mass is 9.66. The number of ether oxygens (including phenoxy) is 2. The van der Waals surface area contributed by atoms with Gasteiger partial charge in [0.25, 0.3) is 0 Å². The zero-order chi connectivity index (χ0) is 56.0. The fraction of sp³-hybridized carbons (Fsp3) is 0.167. The fourth-order valence-electron chi connectivity index (χ4n) is 13.4. The molecule has 4 aliphatic heterocycles. The van der Waals surface area contributed by atoms with Crippen molar-refractivity contribution in [3.8, 4) is 34.1 Å². The zero-order valence-electron chi connectivity index (χ0n) is 46.6. The third-order valence-corrected chi connectivity index (χ3v) is 23.6. The van der Waals surface area contributed by atoms with Crippen LogP contribution in [0.1, 0.15) is 83.3 Å². The highest BCUT2D eigenvalue weighted by atomic mass is 31.2. The molecule has 0 amide bonds. The van der Waals surface area contributed by atoms with E-state index in [4.69, 9.17) is 36.6 Å². The molecule has 0 N–H and O–H groups in total. The normalized spacial score (nSPS) is 19.1. The van der Waals surface area contributed by atoms with Gasteiger partial charge < -0.3 is 9.47 Å². The van der Waals surface area contributed by atoms with Crippen LogP contribution in [0.3, 0.4) is 0 Å². The van der Waals surface area contributed by atoms with Gasteiger partial charge in [-0.3, -0.25) is 9.05 Å². The van der Waals surface area contributed by atoms with Gasteiger partial charge in [0.2, 0.25) is 22.4 Å². The van der Waals surface area contributed by atoms with E-state index in [1.165, 1.54) is 0 Å². The summed E-state index contributed by atoms with van der Waals surface area (Å²) in [6, 6.07) is 91.8. The molecule has 10 heteroatoms. The van der Waals surface area contributed by atoms with Crippen molar-refractivity contribution in [2.45, 2.75) is 60.4 Å². The molecule has 0 atom stereocenters. The van der Waals surface area contributed by atoms with E-state index >= 15 is 0 Å². The number of fused-ring (bicyclic) bond motifs is 2. The smallest absolute Gasteiger partial charge is 0.469 e. The van der Waals surface area contributed by atoms with Crippen molar-refractivity contribution in [3.05, 3.63) is 323 Å². The maximum atomic E-state index is 8.25. The summed E-state index contributed by atoms with van der Waals surface area (Å²) in [7, 11) is -4.00. The third-order valence-electron chi connectivity index (χ3n) is 17.5. The summed E-state index contributed by atoms with van der Waals surface area (Å²) in [6.07, 6.45) is 0. The molecule has 2 saturated heterocycles. The monoisotopic (exact) mass is 1120 g/mol. The molecule has 10 aromatic carbocycles. The second-order valence-electron chi connectivity index (χ2n) is 22.4. The highest BCUT2D eigenvalue weighted by molar-refractivity contribution is 7.64. The number of hydrogen-bond donors (Lipinski definition) is 0. The summed E-state index contributed by atoms with van der Waals surface area (Å²) in [5, 5.41) is -1.87. The minimum absolute atomic E-state index is 0.585. The molecule has 0 aliphatic carbocycles. The molecule has 0 bridgehead atoms. The van der Waals surface area contributed by atoms with Gasteiger partial charge in [0.1, 0.15) is 11.5 Å². The maximum Gasteiger partial charge on any atom is 0.469 e. The molecule has 406 valence electrons. The second-order valence-corrected chi connectivity index (χ2v) is 27.7. The predicted molar refractivity (Wildman–Crippen MR) is 325 cm³/mol. The van der Waals surface area contributed by atoms with E-state index in [1.807, 2.05) is 60.7 Å². The Labute approximate surface area is 481 Å². The quantitative estimate of drug-likeness (QED) is 0.119. The predicted octanol–water partition coefficient (Wildman–Crippen LogP) is 18.0. The third kappa shape index (κ3) is 7.13. The van der Waals surface area contributed by atoms with Crippen LogP contribution in [0.4, 0.5) is 0 Å². The topological polar surface area (TPSA) is 73.8 Å². The molecule has 0 unspecified atom stereocenters. The van der Waals surface area contributed by atoms with Crippen LogP contribution in [-0.4, -0.2) is 14.2 Å². The summed E-state index contributed by atoms with van der Waals surface area (Å²) in [5.74, 6) is 2.40.